The number of nitrogens with zero attached hydrogens (tertiary/aromatic N) is 1. The molecule has 0 spiro atoms. The summed E-state index contributed by atoms with van der Waals surface area (Å²) in [5.74, 6) is 0. The molecule has 4 heteroatoms. The molecule has 0 radical (unpaired) electrons. The molecule has 0 aliphatic rings. The zero-order valence-electron chi connectivity index (χ0n) is 6.14. The van der Waals surface area contributed by atoms with E-state index in [9.17, 15) is 0 Å². The summed E-state index contributed by atoms with van der Waals surface area (Å²) in [5.41, 5.74) is 6.65. The summed E-state index contributed by atoms with van der Waals surface area (Å²) >= 11 is 9.10. The highest BCUT2D eigenvalue weighted by molar-refractivity contribution is 9.10. The summed E-state index contributed by atoms with van der Waals surface area (Å²) in [6.45, 7) is 0.348. The Morgan fingerprint density at radius 2 is 2.25 bits per heavy atom. The van der Waals surface area contributed by atoms with Crippen molar-refractivity contribution in [1.29, 1.82) is 5.26 Å². The van der Waals surface area contributed by atoms with Crippen molar-refractivity contribution in [2.24, 2.45) is 5.73 Å². The first-order chi connectivity index (χ1) is 5.70. The quantitative estimate of drug-likeness (QED) is 0.826. The van der Waals surface area contributed by atoms with E-state index in [1.54, 1.807) is 12.1 Å². The van der Waals surface area contributed by atoms with Gasteiger partial charge in [0, 0.05) is 11.0 Å². The Morgan fingerprint density at radius 3 is 2.75 bits per heavy atom. The standard InChI is InChI=1S/C8H6BrClN2/c9-7-2-1-5(3-11)8(10)6(7)4-12/h1-2H,3,11H2. The molecule has 0 atom stereocenters. The van der Waals surface area contributed by atoms with Gasteiger partial charge >= 0.3 is 0 Å². The van der Waals surface area contributed by atoms with Crippen LogP contribution in [-0.2, 0) is 6.54 Å². The topological polar surface area (TPSA) is 49.8 Å². The van der Waals surface area contributed by atoms with Gasteiger partial charge in [0.1, 0.15) is 6.07 Å². The largest absolute Gasteiger partial charge is 0.326 e. The Labute approximate surface area is 84.1 Å². The number of hydrogen-bond donors (Lipinski definition) is 1. The van der Waals surface area contributed by atoms with Crippen LogP contribution in [0.1, 0.15) is 11.1 Å². The lowest BCUT2D eigenvalue weighted by Gasteiger charge is -2.03. The highest BCUT2D eigenvalue weighted by atomic mass is 79.9. The average Bonchev–Trinajstić information content (AvgIpc) is 2.06. The molecular formula is C8H6BrClN2. The second-order valence-electron chi connectivity index (χ2n) is 2.21. The summed E-state index contributed by atoms with van der Waals surface area (Å²) in [4.78, 5) is 0. The van der Waals surface area contributed by atoms with Gasteiger partial charge in [0.05, 0.1) is 10.6 Å². The van der Waals surface area contributed by atoms with Gasteiger partial charge in [0.15, 0.2) is 0 Å². The molecule has 0 saturated heterocycles. The van der Waals surface area contributed by atoms with E-state index >= 15 is 0 Å². The van der Waals surface area contributed by atoms with Crippen LogP contribution in [0.4, 0.5) is 0 Å². The molecule has 0 aliphatic carbocycles. The van der Waals surface area contributed by atoms with Gasteiger partial charge in [0.2, 0.25) is 0 Å². The Bertz CT molecular complexity index is 344. The van der Waals surface area contributed by atoms with Gasteiger partial charge in [-0.05, 0) is 27.6 Å². The van der Waals surface area contributed by atoms with Crippen molar-refractivity contribution in [1.82, 2.24) is 0 Å². The summed E-state index contributed by atoms with van der Waals surface area (Å²) in [6, 6.07) is 5.57. The molecule has 1 aromatic carbocycles. The van der Waals surface area contributed by atoms with E-state index in [1.807, 2.05) is 6.07 Å². The van der Waals surface area contributed by atoms with Crippen molar-refractivity contribution in [2.75, 3.05) is 0 Å². The van der Waals surface area contributed by atoms with Gasteiger partial charge in [-0.2, -0.15) is 5.26 Å². The number of benzene rings is 1. The first-order valence-corrected chi connectivity index (χ1v) is 4.45. The van der Waals surface area contributed by atoms with Gasteiger partial charge in [0.25, 0.3) is 0 Å². The molecule has 0 unspecified atom stereocenters. The molecule has 0 bridgehead atoms. The van der Waals surface area contributed by atoms with Gasteiger partial charge in [-0.3, -0.25) is 0 Å². The van der Waals surface area contributed by atoms with Gasteiger partial charge in [-0.15, -0.1) is 0 Å². The van der Waals surface area contributed by atoms with Gasteiger partial charge < -0.3 is 5.73 Å². The van der Waals surface area contributed by atoms with E-state index in [0.29, 0.717) is 21.6 Å². The first-order valence-electron chi connectivity index (χ1n) is 3.27. The molecule has 0 aromatic heterocycles. The van der Waals surface area contributed by atoms with Crippen LogP contribution in [0.25, 0.3) is 0 Å². The lowest BCUT2D eigenvalue weighted by molar-refractivity contribution is 1.07. The summed E-state index contributed by atoms with van der Waals surface area (Å²) in [5, 5.41) is 9.15. The van der Waals surface area contributed by atoms with Crippen LogP contribution in [0.3, 0.4) is 0 Å². The van der Waals surface area contributed by atoms with E-state index in [0.717, 1.165) is 5.56 Å². The van der Waals surface area contributed by atoms with Crippen LogP contribution in [0, 0.1) is 11.3 Å². The molecule has 0 saturated carbocycles. The average molecular weight is 246 g/mol. The summed E-state index contributed by atoms with van der Waals surface area (Å²) in [7, 11) is 0. The van der Waals surface area contributed by atoms with Crippen molar-refractivity contribution in [3.8, 4) is 6.07 Å². The second-order valence-corrected chi connectivity index (χ2v) is 3.44. The number of halogens is 2. The monoisotopic (exact) mass is 244 g/mol. The third kappa shape index (κ3) is 1.61. The molecule has 0 aliphatic heterocycles. The molecule has 1 rings (SSSR count). The summed E-state index contributed by atoms with van der Waals surface area (Å²) in [6.07, 6.45) is 0. The van der Waals surface area contributed by atoms with E-state index in [-0.39, 0.29) is 0 Å². The van der Waals surface area contributed by atoms with Crippen LogP contribution < -0.4 is 5.73 Å². The van der Waals surface area contributed by atoms with E-state index in [4.69, 9.17) is 22.6 Å². The molecule has 0 amide bonds. The predicted octanol–water partition coefficient (Wildman–Crippen LogP) is 2.43. The molecule has 12 heavy (non-hydrogen) atoms. The molecule has 1 aromatic rings. The van der Waals surface area contributed by atoms with Gasteiger partial charge in [-0.25, -0.2) is 0 Å². The van der Waals surface area contributed by atoms with Crippen molar-refractivity contribution >= 4 is 27.5 Å². The van der Waals surface area contributed by atoms with Crippen molar-refractivity contribution in [3.05, 3.63) is 32.8 Å². The van der Waals surface area contributed by atoms with Gasteiger partial charge in [-0.1, -0.05) is 17.7 Å². The first kappa shape index (κ1) is 9.53. The summed E-state index contributed by atoms with van der Waals surface area (Å²) < 4.78 is 0.701. The molecule has 62 valence electrons. The van der Waals surface area contributed by atoms with Crippen molar-refractivity contribution < 1.29 is 0 Å². The fourth-order valence-corrected chi connectivity index (χ4v) is 1.67. The van der Waals surface area contributed by atoms with Crippen molar-refractivity contribution in [2.45, 2.75) is 6.54 Å². The maximum atomic E-state index is 8.71. The normalized spacial score (nSPS) is 9.50. The minimum Gasteiger partial charge on any atom is -0.326 e. The zero-order chi connectivity index (χ0) is 9.14. The SMILES string of the molecule is N#Cc1c(Br)ccc(CN)c1Cl. The Hall–Kier alpha value is -0.560. The van der Waals surface area contributed by atoms with Crippen molar-refractivity contribution in [3.63, 3.8) is 0 Å². The Morgan fingerprint density at radius 1 is 1.58 bits per heavy atom. The van der Waals surface area contributed by atoms with Crippen LogP contribution in [0.2, 0.25) is 5.02 Å². The third-order valence-electron chi connectivity index (χ3n) is 1.50. The number of hydrogen-bond acceptors (Lipinski definition) is 2. The van der Waals surface area contributed by atoms with Crippen LogP contribution in [0.5, 0.6) is 0 Å². The van der Waals surface area contributed by atoms with Crippen LogP contribution >= 0.6 is 27.5 Å². The Kier molecular flexibility index (Phi) is 3.10. The van der Waals surface area contributed by atoms with E-state index in [1.165, 1.54) is 0 Å². The number of rotatable bonds is 1. The second kappa shape index (κ2) is 3.90. The molecular weight excluding hydrogens is 239 g/mol. The minimum absolute atomic E-state index is 0.348. The smallest absolute Gasteiger partial charge is 0.102 e. The molecule has 0 heterocycles. The highest BCUT2D eigenvalue weighted by Gasteiger charge is 2.07. The van der Waals surface area contributed by atoms with E-state index < -0.39 is 0 Å². The fourth-order valence-electron chi connectivity index (χ4n) is 0.856. The zero-order valence-corrected chi connectivity index (χ0v) is 8.48. The Balaban J connectivity index is 3.36. The lowest BCUT2D eigenvalue weighted by Crippen LogP contribution is -1.98. The van der Waals surface area contributed by atoms with E-state index in [2.05, 4.69) is 15.9 Å². The molecule has 2 nitrogen and oxygen atoms in total. The minimum atomic E-state index is 0.348. The molecule has 2 N–H and O–H groups in total. The maximum Gasteiger partial charge on any atom is 0.102 e. The predicted molar refractivity (Wildman–Crippen MR) is 51.8 cm³/mol. The third-order valence-corrected chi connectivity index (χ3v) is 2.60. The highest BCUT2D eigenvalue weighted by Crippen LogP contribution is 2.27. The fraction of sp³-hybridized carbons (Fsp3) is 0.125. The molecule has 0 fully saturated rings. The van der Waals surface area contributed by atoms with Crippen LogP contribution in [0.15, 0.2) is 16.6 Å². The van der Waals surface area contributed by atoms with Crippen LogP contribution in [-0.4, -0.2) is 0 Å². The number of nitriles is 1. The number of nitrogens with two attached hydrogens (primary N) is 1. The maximum absolute atomic E-state index is 8.71. The lowest BCUT2D eigenvalue weighted by atomic mass is 10.1.